The van der Waals surface area contributed by atoms with Crippen LogP contribution in [0.1, 0.15) is 5.01 Å². The summed E-state index contributed by atoms with van der Waals surface area (Å²) in [6, 6.07) is 7.34. The molecule has 0 bridgehead atoms. The number of benzene rings is 1. The van der Waals surface area contributed by atoms with Gasteiger partial charge in [-0.1, -0.05) is 28.1 Å². The Morgan fingerprint density at radius 1 is 1.22 bits per heavy atom. The molecule has 3 heterocycles. The Bertz CT molecular complexity index is 989. The van der Waals surface area contributed by atoms with Gasteiger partial charge in [0.2, 0.25) is 10.8 Å². The number of nitrogens with zero attached hydrogens (tertiary/aromatic N) is 5. The monoisotopic (exact) mass is 347 g/mol. The Kier molecular flexibility index (Phi) is 3.28. The highest BCUT2D eigenvalue weighted by Crippen LogP contribution is 2.30. The van der Waals surface area contributed by atoms with Crippen LogP contribution >= 0.6 is 22.9 Å². The summed E-state index contributed by atoms with van der Waals surface area (Å²) in [5, 5.41) is 9.54. The molecule has 0 unspecified atom stereocenters. The molecule has 0 aliphatic heterocycles. The van der Waals surface area contributed by atoms with Gasteiger partial charge in [-0.3, -0.25) is 0 Å². The molecule has 0 saturated heterocycles. The van der Waals surface area contributed by atoms with Gasteiger partial charge in [0.15, 0.2) is 10.8 Å². The minimum Gasteiger partial charge on any atom is -0.497 e. The first-order valence-corrected chi connectivity index (χ1v) is 7.85. The van der Waals surface area contributed by atoms with Crippen molar-refractivity contribution in [2.24, 2.45) is 0 Å². The summed E-state index contributed by atoms with van der Waals surface area (Å²) >= 11 is 7.63. The summed E-state index contributed by atoms with van der Waals surface area (Å²) in [6.07, 6.45) is 0. The highest BCUT2D eigenvalue weighted by molar-refractivity contribution is 7.16. The van der Waals surface area contributed by atoms with E-state index in [9.17, 15) is 0 Å². The van der Waals surface area contributed by atoms with Gasteiger partial charge in [0, 0.05) is 5.56 Å². The van der Waals surface area contributed by atoms with E-state index in [0.29, 0.717) is 27.5 Å². The van der Waals surface area contributed by atoms with E-state index < -0.39 is 0 Å². The van der Waals surface area contributed by atoms with Gasteiger partial charge in [-0.25, -0.2) is 4.98 Å². The molecular formula is C14H10ClN5O2S. The average molecular weight is 348 g/mol. The minimum absolute atomic E-state index is 0.297. The first-order chi connectivity index (χ1) is 11.2. The topological polar surface area (TPSA) is 78.3 Å². The predicted molar refractivity (Wildman–Crippen MR) is 85.9 cm³/mol. The Labute approximate surface area is 139 Å². The highest BCUT2D eigenvalue weighted by atomic mass is 35.5. The lowest BCUT2D eigenvalue weighted by Gasteiger charge is -1.98. The van der Waals surface area contributed by atoms with Crippen molar-refractivity contribution in [1.29, 1.82) is 0 Å². The molecule has 4 aromatic rings. The van der Waals surface area contributed by atoms with Gasteiger partial charge in [0.1, 0.15) is 10.8 Å². The maximum atomic E-state index is 6.19. The molecule has 0 fully saturated rings. The lowest BCUT2D eigenvalue weighted by atomic mass is 10.2. The number of aromatic nitrogens is 5. The summed E-state index contributed by atoms with van der Waals surface area (Å²) in [7, 11) is 1.61. The van der Waals surface area contributed by atoms with E-state index in [-0.39, 0.29) is 0 Å². The molecule has 23 heavy (non-hydrogen) atoms. The van der Waals surface area contributed by atoms with Crippen LogP contribution in [-0.4, -0.2) is 31.8 Å². The van der Waals surface area contributed by atoms with Crippen LogP contribution in [0.4, 0.5) is 0 Å². The molecule has 0 N–H and O–H groups in total. The van der Waals surface area contributed by atoms with Gasteiger partial charge in [-0.05, 0) is 31.2 Å². The van der Waals surface area contributed by atoms with Gasteiger partial charge < -0.3 is 9.26 Å². The third-order valence-electron chi connectivity index (χ3n) is 3.24. The second-order valence-corrected chi connectivity index (χ2v) is 6.24. The first-order valence-electron chi connectivity index (χ1n) is 6.66. The van der Waals surface area contributed by atoms with E-state index in [0.717, 1.165) is 16.3 Å². The molecule has 116 valence electrons. The van der Waals surface area contributed by atoms with Crippen molar-refractivity contribution in [3.05, 3.63) is 34.4 Å². The molecule has 7 nitrogen and oxygen atoms in total. The van der Waals surface area contributed by atoms with Crippen molar-refractivity contribution in [3.8, 4) is 28.7 Å². The molecule has 0 amide bonds. The van der Waals surface area contributed by atoms with Crippen LogP contribution in [-0.2, 0) is 0 Å². The minimum atomic E-state index is 0.297. The number of hydrogen-bond acceptors (Lipinski definition) is 7. The zero-order chi connectivity index (χ0) is 16.0. The lowest BCUT2D eigenvalue weighted by molar-refractivity contribution is 0.414. The zero-order valence-electron chi connectivity index (χ0n) is 12.1. The Morgan fingerprint density at radius 2 is 2.00 bits per heavy atom. The number of ether oxygens (including phenoxy) is 1. The van der Waals surface area contributed by atoms with E-state index in [1.807, 2.05) is 31.2 Å². The molecule has 0 atom stereocenters. The van der Waals surface area contributed by atoms with Crippen LogP contribution < -0.4 is 4.74 Å². The van der Waals surface area contributed by atoms with Crippen molar-refractivity contribution in [3.63, 3.8) is 0 Å². The summed E-state index contributed by atoms with van der Waals surface area (Å²) < 4.78 is 12.1. The standard InChI is InChI=1S/C14H10ClN5O2S/c1-7-18-20-10(11(15)16-14(20)23-7)12-17-13(22-19-12)8-3-5-9(21-2)6-4-8/h3-6H,1-2H3. The van der Waals surface area contributed by atoms with Crippen LogP contribution in [0, 0.1) is 6.92 Å². The molecule has 0 saturated carbocycles. The highest BCUT2D eigenvalue weighted by Gasteiger charge is 2.21. The predicted octanol–water partition coefficient (Wildman–Crippen LogP) is 3.48. The second-order valence-electron chi connectivity index (χ2n) is 4.72. The van der Waals surface area contributed by atoms with Crippen molar-refractivity contribution in [2.45, 2.75) is 6.92 Å². The number of aryl methyl sites for hydroxylation is 1. The molecule has 0 spiro atoms. The number of rotatable bonds is 3. The normalized spacial score (nSPS) is 11.3. The summed E-state index contributed by atoms with van der Waals surface area (Å²) in [6.45, 7) is 1.90. The van der Waals surface area contributed by atoms with Gasteiger partial charge in [0.25, 0.3) is 5.89 Å². The quantitative estimate of drug-likeness (QED) is 0.564. The lowest BCUT2D eigenvalue weighted by Crippen LogP contribution is -1.91. The third kappa shape index (κ3) is 2.36. The molecule has 0 aliphatic rings. The third-order valence-corrected chi connectivity index (χ3v) is 4.32. The Hall–Kier alpha value is -2.45. The average Bonchev–Trinajstić information content (AvgIpc) is 3.21. The number of imidazole rings is 1. The van der Waals surface area contributed by atoms with Crippen LogP contribution in [0.2, 0.25) is 5.15 Å². The molecule has 0 radical (unpaired) electrons. The second kappa shape index (κ2) is 5.32. The van der Waals surface area contributed by atoms with E-state index in [1.165, 1.54) is 11.3 Å². The van der Waals surface area contributed by atoms with Gasteiger partial charge in [0.05, 0.1) is 7.11 Å². The molecular weight excluding hydrogens is 338 g/mol. The molecule has 1 aromatic carbocycles. The summed E-state index contributed by atoms with van der Waals surface area (Å²) in [5.41, 5.74) is 1.31. The fourth-order valence-corrected chi connectivity index (χ4v) is 3.21. The number of methoxy groups -OCH3 is 1. The smallest absolute Gasteiger partial charge is 0.258 e. The van der Waals surface area contributed by atoms with E-state index in [4.69, 9.17) is 20.9 Å². The molecule has 0 aliphatic carbocycles. The van der Waals surface area contributed by atoms with Gasteiger partial charge in [-0.2, -0.15) is 14.6 Å². The number of halogens is 1. The molecule has 9 heteroatoms. The Balaban J connectivity index is 1.78. The van der Waals surface area contributed by atoms with Gasteiger partial charge in [-0.15, -0.1) is 0 Å². The van der Waals surface area contributed by atoms with Crippen LogP contribution in [0.25, 0.3) is 27.9 Å². The fraction of sp³-hybridized carbons (Fsp3) is 0.143. The van der Waals surface area contributed by atoms with Crippen LogP contribution in [0.3, 0.4) is 0 Å². The van der Waals surface area contributed by atoms with Gasteiger partial charge >= 0.3 is 0 Å². The zero-order valence-corrected chi connectivity index (χ0v) is 13.7. The number of hydrogen-bond donors (Lipinski definition) is 0. The van der Waals surface area contributed by atoms with Crippen molar-refractivity contribution >= 4 is 27.9 Å². The van der Waals surface area contributed by atoms with Crippen molar-refractivity contribution in [1.82, 2.24) is 24.7 Å². The van der Waals surface area contributed by atoms with Crippen molar-refractivity contribution in [2.75, 3.05) is 7.11 Å². The first kappa shape index (κ1) is 14.2. The summed E-state index contributed by atoms with van der Waals surface area (Å²) in [5.74, 6) is 1.49. The molecule has 3 aromatic heterocycles. The fourth-order valence-electron chi connectivity index (χ4n) is 2.18. The van der Waals surface area contributed by atoms with Crippen LogP contribution in [0.5, 0.6) is 5.75 Å². The largest absolute Gasteiger partial charge is 0.497 e. The Morgan fingerprint density at radius 3 is 2.74 bits per heavy atom. The summed E-state index contributed by atoms with van der Waals surface area (Å²) in [4.78, 5) is 9.35. The van der Waals surface area contributed by atoms with Crippen molar-refractivity contribution < 1.29 is 9.26 Å². The maximum Gasteiger partial charge on any atom is 0.258 e. The van der Waals surface area contributed by atoms with E-state index in [1.54, 1.807) is 11.6 Å². The number of fused-ring (bicyclic) bond motifs is 1. The van der Waals surface area contributed by atoms with E-state index in [2.05, 4.69) is 20.2 Å². The van der Waals surface area contributed by atoms with Crippen LogP contribution in [0.15, 0.2) is 28.8 Å². The molecule has 4 rings (SSSR count). The van der Waals surface area contributed by atoms with E-state index >= 15 is 0 Å². The maximum absolute atomic E-state index is 6.19. The SMILES string of the molecule is COc1ccc(-c2nc(-c3c(Cl)nc4sc(C)nn34)no2)cc1.